The molecule has 0 amide bonds. The van der Waals surface area contributed by atoms with Crippen molar-refractivity contribution < 1.29 is 4.74 Å². The fraction of sp³-hybridized carbons (Fsp3) is 0.667. The zero-order chi connectivity index (χ0) is 12.7. The van der Waals surface area contributed by atoms with Gasteiger partial charge in [0, 0.05) is 32.3 Å². The van der Waals surface area contributed by atoms with Crippen molar-refractivity contribution in [2.45, 2.75) is 20.8 Å². The van der Waals surface area contributed by atoms with E-state index in [9.17, 15) is 0 Å². The van der Waals surface area contributed by atoms with Crippen molar-refractivity contribution in [1.82, 2.24) is 9.97 Å². The molecule has 0 aliphatic heterocycles. The molecule has 5 heteroatoms. The van der Waals surface area contributed by atoms with E-state index in [1.165, 1.54) is 0 Å². The van der Waals surface area contributed by atoms with E-state index in [0.717, 1.165) is 43.5 Å². The molecule has 1 N–H and O–H groups in total. The molecule has 0 fully saturated rings. The smallest absolute Gasteiger partial charge is 0.137 e. The lowest BCUT2D eigenvalue weighted by Crippen LogP contribution is -2.29. The molecule has 0 saturated heterocycles. The van der Waals surface area contributed by atoms with E-state index < -0.39 is 0 Å². The summed E-state index contributed by atoms with van der Waals surface area (Å²) in [6.07, 6.45) is 1.59. The summed E-state index contributed by atoms with van der Waals surface area (Å²) >= 11 is 0. The van der Waals surface area contributed by atoms with Crippen LogP contribution in [-0.4, -0.2) is 43.3 Å². The number of nitrogens with zero attached hydrogens (tertiary/aromatic N) is 3. The minimum Gasteiger partial charge on any atom is -0.380 e. The van der Waals surface area contributed by atoms with Gasteiger partial charge in [-0.1, -0.05) is 0 Å². The lowest BCUT2D eigenvalue weighted by atomic mass is 10.3. The van der Waals surface area contributed by atoms with E-state index in [-0.39, 0.29) is 0 Å². The van der Waals surface area contributed by atoms with Crippen molar-refractivity contribution in [2.75, 3.05) is 43.6 Å². The van der Waals surface area contributed by atoms with Gasteiger partial charge in [-0.25, -0.2) is 9.97 Å². The third-order valence-electron chi connectivity index (χ3n) is 2.69. The van der Waals surface area contributed by atoms with E-state index in [2.05, 4.69) is 27.1 Å². The summed E-state index contributed by atoms with van der Waals surface area (Å²) in [5.41, 5.74) is 1.08. The van der Waals surface area contributed by atoms with E-state index >= 15 is 0 Å². The zero-order valence-electron chi connectivity index (χ0n) is 11.2. The first-order valence-corrected chi connectivity index (χ1v) is 6.06. The Kier molecular flexibility index (Phi) is 5.69. The molecule has 96 valence electrons. The molecule has 0 aromatic carbocycles. The van der Waals surface area contributed by atoms with Crippen molar-refractivity contribution in [2.24, 2.45) is 0 Å². The number of aromatic nitrogens is 2. The molecule has 0 aliphatic carbocycles. The summed E-state index contributed by atoms with van der Waals surface area (Å²) in [5, 5.41) is 3.07. The van der Waals surface area contributed by atoms with Crippen LogP contribution in [0.5, 0.6) is 0 Å². The molecule has 1 heterocycles. The first kappa shape index (κ1) is 13.7. The van der Waals surface area contributed by atoms with Gasteiger partial charge in [0.2, 0.25) is 0 Å². The Balaban J connectivity index is 2.80. The van der Waals surface area contributed by atoms with E-state index in [0.29, 0.717) is 0 Å². The van der Waals surface area contributed by atoms with Crippen molar-refractivity contribution in [3.8, 4) is 0 Å². The Morgan fingerprint density at radius 1 is 1.35 bits per heavy atom. The topological polar surface area (TPSA) is 50.3 Å². The highest BCUT2D eigenvalue weighted by atomic mass is 16.5. The molecule has 0 spiro atoms. The van der Waals surface area contributed by atoms with Crippen LogP contribution in [0.15, 0.2) is 6.33 Å². The first-order chi connectivity index (χ1) is 8.24. The maximum atomic E-state index is 5.38. The Morgan fingerprint density at radius 3 is 2.71 bits per heavy atom. The van der Waals surface area contributed by atoms with Crippen LogP contribution in [-0.2, 0) is 4.74 Å². The highest BCUT2D eigenvalue weighted by Crippen LogP contribution is 2.21. The third kappa shape index (κ3) is 3.56. The van der Waals surface area contributed by atoms with E-state index in [1.54, 1.807) is 6.33 Å². The van der Waals surface area contributed by atoms with Crippen LogP contribution in [0.1, 0.15) is 19.4 Å². The summed E-state index contributed by atoms with van der Waals surface area (Å²) in [6.45, 7) is 9.40. The number of nitrogens with one attached hydrogen (secondary N) is 1. The van der Waals surface area contributed by atoms with Crippen molar-refractivity contribution >= 4 is 11.6 Å². The molecule has 1 aromatic rings. The van der Waals surface area contributed by atoms with Gasteiger partial charge >= 0.3 is 0 Å². The molecule has 5 nitrogen and oxygen atoms in total. The average molecular weight is 238 g/mol. The van der Waals surface area contributed by atoms with Crippen LogP contribution in [0.4, 0.5) is 11.6 Å². The number of likely N-dealkylation sites (N-methyl/N-ethyl adjacent to an activating group) is 1. The lowest BCUT2D eigenvalue weighted by molar-refractivity contribution is 0.154. The molecular weight excluding hydrogens is 216 g/mol. The molecular formula is C12H22N4O. The summed E-state index contributed by atoms with van der Waals surface area (Å²) < 4.78 is 5.38. The summed E-state index contributed by atoms with van der Waals surface area (Å²) in [4.78, 5) is 10.7. The van der Waals surface area contributed by atoms with Gasteiger partial charge in [0.15, 0.2) is 0 Å². The van der Waals surface area contributed by atoms with Gasteiger partial charge in [-0.3, -0.25) is 0 Å². The molecule has 0 radical (unpaired) electrons. The number of ether oxygens (including phenoxy) is 1. The fourth-order valence-electron chi connectivity index (χ4n) is 1.74. The molecule has 0 bridgehead atoms. The quantitative estimate of drug-likeness (QED) is 0.733. The van der Waals surface area contributed by atoms with Gasteiger partial charge in [-0.15, -0.1) is 0 Å². The van der Waals surface area contributed by atoms with Gasteiger partial charge in [0.1, 0.15) is 18.0 Å². The van der Waals surface area contributed by atoms with Crippen molar-refractivity contribution in [1.29, 1.82) is 0 Å². The van der Waals surface area contributed by atoms with Gasteiger partial charge in [-0.2, -0.15) is 0 Å². The molecule has 1 rings (SSSR count). The predicted octanol–water partition coefficient (Wildman–Crippen LogP) is 1.69. The fourth-order valence-corrected chi connectivity index (χ4v) is 1.74. The second-order valence-electron chi connectivity index (χ2n) is 3.70. The SMILES string of the molecule is CCOCCN(CC)c1ncnc(NC)c1C. The number of hydrogen-bond acceptors (Lipinski definition) is 5. The Labute approximate surface area is 103 Å². The maximum absolute atomic E-state index is 5.38. The summed E-state index contributed by atoms with van der Waals surface area (Å²) in [7, 11) is 1.87. The Bertz CT molecular complexity index is 343. The highest BCUT2D eigenvalue weighted by Gasteiger charge is 2.11. The van der Waals surface area contributed by atoms with Crippen molar-refractivity contribution in [3.05, 3.63) is 11.9 Å². The standard InChI is InChI=1S/C12H22N4O/c1-5-16(7-8-17-6-2)12-10(3)11(13-4)14-9-15-12/h9H,5-8H2,1-4H3,(H,13,14,15). The second kappa shape index (κ2) is 7.06. The summed E-state index contributed by atoms with van der Waals surface area (Å²) in [6, 6.07) is 0. The molecule has 1 aromatic heterocycles. The van der Waals surface area contributed by atoms with Gasteiger partial charge in [-0.05, 0) is 20.8 Å². The largest absolute Gasteiger partial charge is 0.380 e. The number of hydrogen-bond donors (Lipinski definition) is 1. The predicted molar refractivity (Wildman–Crippen MR) is 70.7 cm³/mol. The zero-order valence-corrected chi connectivity index (χ0v) is 11.2. The van der Waals surface area contributed by atoms with Crippen LogP contribution in [0, 0.1) is 6.92 Å². The molecule has 17 heavy (non-hydrogen) atoms. The molecule has 0 saturated carbocycles. The average Bonchev–Trinajstić information content (AvgIpc) is 2.36. The highest BCUT2D eigenvalue weighted by molar-refractivity contribution is 5.57. The Hall–Kier alpha value is -1.36. The van der Waals surface area contributed by atoms with Gasteiger partial charge in [0.05, 0.1) is 6.61 Å². The molecule has 0 aliphatic rings. The van der Waals surface area contributed by atoms with Crippen LogP contribution in [0.25, 0.3) is 0 Å². The Morgan fingerprint density at radius 2 is 2.12 bits per heavy atom. The normalized spacial score (nSPS) is 10.4. The lowest BCUT2D eigenvalue weighted by Gasteiger charge is -2.24. The third-order valence-corrected chi connectivity index (χ3v) is 2.69. The van der Waals surface area contributed by atoms with Gasteiger partial charge < -0.3 is 15.0 Å². The van der Waals surface area contributed by atoms with E-state index in [4.69, 9.17) is 4.74 Å². The van der Waals surface area contributed by atoms with Gasteiger partial charge in [0.25, 0.3) is 0 Å². The monoisotopic (exact) mass is 238 g/mol. The molecule has 0 atom stereocenters. The molecule has 0 unspecified atom stereocenters. The van der Waals surface area contributed by atoms with Crippen molar-refractivity contribution in [3.63, 3.8) is 0 Å². The number of rotatable bonds is 7. The first-order valence-electron chi connectivity index (χ1n) is 6.06. The minimum atomic E-state index is 0.725. The van der Waals surface area contributed by atoms with Crippen LogP contribution in [0.3, 0.4) is 0 Å². The second-order valence-corrected chi connectivity index (χ2v) is 3.70. The van der Waals surface area contributed by atoms with E-state index in [1.807, 2.05) is 20.9 Å². The maximum Gasteiger partial charge on any atom is 0.137 e. The van der Waals surface area contributed by atoms with Crippen LogP contribution in [0.2, 0.25) is 0 Å². The number of anilines is 2. The van der Waals surface area contributed by atoms with Crippen LogP contribution < -0.4 is 10.2 Å². The minimum absolute atomic E-state index is 0.725. The summed E-state index contributed by atoms with van der Waals surface area (Å²) in [5.74, 6) is 1.86. The van der Waals surface area contributed by atoms with Crippen LogP contribution >= 0.6 is 0 Å².